The molecule has 1 amide bonds. The van der Waals surface area contributed by atoms with Crippen LogP contribution in [-0.2, 0) is 21.2 Å². The van der Waals surface area contributed by atoms with Crippen molar-refractivity contribution in [2.75, 3.05) is 18.6 Å². The highest BCUT2D eigenvalue weighted by molar-refractivity contribution is 7.91. The molecule has 0 radical (unpaired) electrons. The summed E-state index contributed by atoms with van der Waals surface area (Å²) in [6.07, 6.45) is 0.943. The number of halogens is 1. The maximum Gasteiger partial charge on any atom is 0.235 e. The summed E-state index contributed by atoms with van der Waals surface area (Å²) in [6.45, 7) is -0.438. The molecule has 7 heteroatoms. The second-order valence-corrected chi connectivity index (χ2v) is 6.25. The van der Waals surface area contributed by atoms with Crippen molar-refractivity contribution in [1.82, 2.24) is 5.32 Å². The van der Waals surface area contributed by atoms with E-state index in [1.54, 1.807) is 0 Å². The van der Waals surface area contributed by atoms with Crippen LogP contribution in [0.5, 0.6) is 0 Å². The number of aliphatic hydroxyl groups is 1. The van der Waals surface area contributed by atoms with Gasteiger partial charge in [0.2, 0.25) is 5.91 Å². The number of benzene rings is 1. The normalized spacial score (nSPS) is 10.6. The molecule has 20 heavy (non-hydrogen) atoms. The third kappa shape index (κ3) is 5.82. The minimum atomic E-state index is -3.41. The minimum absolute atomic E-state index is 0.130. The van der Waals surface area contributed by atoms with Crippen molar-refractivity contribution in [3.63, 3.8) is 0 Å². The van der Waals surface area contributed by atoms with Crippen molar-refractivity contribution in [2.24, 2.45) is 0 Å². The first-order chi connectivity index (χ1) is 9.31. The van der Waals surface area contributed by atoms with Crippen LogP contribution in [0.1, 0.15) is 11.1 Å². The van der Waals surface area contributed by atoms with E-state index in [0.29, 0.717) is 5.56 Å². The molecule has 0 bridgehead atoms. The Morgan fingerprint density at radius 1 is 1.45 bits per heavy atom. The summed E-state index contributed by atoms with van der Waals surface area (Å²) >= 11 is 0. The molecule has 1 aromatic rings. The van der Waals surface area contributed by atoms with E-state index in [9.17, 15) is 17.6 Å². The summed E-state index contributed by atoms with van der Waals surface area (Å²) in [4.78, 5) is 11.3. The smallest absolute Gasteiger partial charge is 0.235 e. The predicted molar refractivity (Wildman–Crippen MR) is 71.9 cm³/mol. The zero-order valence-corrected chi connectivity index (χ0v) is 11.6. The lowest BCUT2D eigenvalue weighted by molar-refractivity contribution is -0.118. The molecular weight excluding hydrogens is 285 g/mol. The molecule has 0 aliphatic rings. The molecule has 108 valence electrons. The Balaban J connectivity index is 2.74. The van der Waals surface area contributed by atoms with Gasteiger partial charge in [0.1, 0.15) is 18.2 Å². The summed E-state index contributed by atoms with van der Waals surface area (Å²) in [6, 6.07) is 4.07. The molecule has 1 aromatic carbocycles. The Morgan fingerprint density at radius 2 is 2.15 bits per heavy atom. The first-order valence-electron chi connectivity index (χ1n) is 5.64. The van der Waals surface area contributed by atoms with Crippen LogP contribution in [0.2, 0.25) is 0 Å². The minimum Gasteiger partial charge on any atom is -0.384 e. The molecule has 1 rings (SSSR count). The largest absolute Gasteiger partial charge is 0.384 e. The number of nitrogens with one attached hydrogen (secondary N) is 1. The van der Waals surface area contributed by atoms with E-state index in [-0.39, 0.29) is 18.7 Å². The topological polar surface area (TPSA) is 83.5 Å². The number of hydrogen-bond donors (Lipinski definition) is 2. The second-order valence-electron chi connectivity index (χ2n) is 4.11. The second kappa shape index (κ2) is 7.03. The molecular formula is C13H14FNO4S. The van der Waals surface area contributed by atoms with Crippen molar-refractivity contribution in [3.8, 4) is 11.8 Å². The van der Waals surface area contributed by atoms with E-state index in [2.05, 4.69) is 17.2 Å². The molecule has 0 saturated heterocycles. The van der Waals surface area contributed by atoms with Gasteiger partial charge in [-0.1, -0.05) is 11.8 Å². The zero-order valence-electron chi connectivity index (χ0n) is 10.8. The van der Waals surface area contributed by atoms with Gasteiger partial charge in [-0.25, -0.2) is 12.8 Å². The summed E-state index contributed by atoms with van der Waals surface area (Å²) in [5.41, 5.74) is 0.685. The first-order valence-corrected chi connectivity index (χ1v) is 7.70. The molecule has 0 unspecified atom stereocenters. The van der Waals surface area contributed by atoms with Crippen LogP contribution in [0.4, 0.5) is 4.39 Å². The molecule has 5 nitrogen and oxygen atoms in total. The molecule has 0 heterocycles. The summed E-state index contributed by atoms with van der Waals surface area (Å²) in [7, 11) is -3.41. The van der Waals surface area contributed by atoms with Crippen LogP contribution in [0.25, 0.3) is 0 Å². The first kappa shape index (κ1) is 16.1. The van der Waals surface area contributed by atoms with E-state index >= 15 is 0 Å². The molecule has 0 fully saturated rings. The molecule has 0 aromatic heterocycles. The van der Waals surface area contributed by atoms with Crippen molar-refractivity contribution in [3.05, 3.63) is 35.1 Å². The van der Waals surface area contributed by atoms with Crippen LogP contribution in [0.15, 0.2) is 18.2 Å². The van der Waals surface area contributed by atoms with Gasteiger partial charge in [-0.15, -0.1) is 0 Å². The highest BCUT2D eigenvalue weighted by Gasteiger charge is 2.11. The van der Waals surface area contributed by atoms with E-state index in [0.717, 1.165) is 6.26 Å². The predicted octanol–water partition coefficient (Wildman–Crippen LogP) is -0.170. The summed E-state index contributed by atoms with van der Waals surface area (Å²) < 4.78 is 35.3. The molecule has 0 atom stereocenters. The fourth-order valence-corrected chi connectivity index (χ4v) is 1.99. The Labute approximate surface area is 116 Å². The van der Waals surface area contributed by atoms with Crippen LogP contribution in [0, 0.1) is 17.7 Å². The Morgan fingerprint density at radius 3 is 2.75 bits per heavy atom. The number of sulfone groups is 1. The number of carbonyl (C=O) groups is 1. The quantitative estimate of drug-likeness (QED) is 0.756. The molecule has 0 aliphatic heterocycles. The lowest BCUT2D eigenvalue weighted by Crippen LogP contribution is -2.29. The fourth-order valence-electron chi connectivity index (χ4n) is 1.41. The Bertz CT molecular complexity index is 659. The molecule has 0 spiro atoms. The van der Waals surface area contributed by atoms with Crippen LogP contribution in [0.3, 0.4) is 0 Å². The fraction of sp³-hybridized carbons (Fsp3) is 0.308. The van der Waals surface area contributed by atoms with Crippen LogP contribution < -0.4 is 5.32 Å². The standard InChI is InChI=1S/C13H14FNO4S/c1-20(18,19)9-13(17)15-8-11-7-10(3-2-6-16)4-5-12(11)14/h4-5,7,16H,6,8-9H2,1H3,(H,15,17). The molecule has 0 aliphatic carbocycles. The van der Waals surface area contributed by atoms with Gasteiger partial charge in [0.15, 0.2) is 9.84 Å². The van der Waals surface area contributed by atoms with Gasteiger partial charge in [0.05, 0.1) is 0 Å². The van der Waals surface area contributed by atoms with Crippen molar-refractivity contribution < 1.29 is 22.7 Å². The number of carbonyl (C=O) groups excluding carboxylic acids is 1. The van der Waals surface area contributed by atoms with Crippen molar-refractivity contribution in [2.45, 2.75) is 6.54 Å². The van der Waals surface area contributed by atoms with Crippen molar-refractivity contribution >= 4 is 15.7 Å². The van der Waals surface area contributed by atoms with E-state index in [4.69, 9.17) is 5.11 Å². The van der Waals surface area contributed by atoms with Gasteiger partial charge in [-0.05, 0) is 18.2 Å². The van der Waals surface area contributed by atoms with Gasteiger partial charge in [0, 0.05) is 23.9 Å². The average Bonchev–Trinajstić information content (AvgIpc) is 2.34. The maximum atomic E-state index is 13.5. The van der Waals surface area contributed by atoms with E-state index in [1.165, 1.54) is 18.2 Å². The Hall–Kier alpha value is -1.91. The van der Waals surface area contributed by atoms with Crippen LogP contribution in [-0.4, -0.2) is 38.0 Å². The van der Waals surface area contributed by atoms with Gasteiger partial charge < -0.3 is 10.4 Å². The third-order valence-electron chi connectivity index (χ3n) is 2.23. The highest BCUT2D eigenvalue weighted by atomic mass is 32.2. The highest BCUT2D eigenvalue weighted by Crippen LogP contribution is 2.09. The number of hydrogen-bond acceptors (Lipinski definition) is 4. The SMILES string of the molecule is CS(=O)(=O)CC(=O)NCc1cc(C#CCO)ccc1F. The zero-order chi connectivity index (χ0) is 15.2. The Kier molecular flexibility index (Phi) is 5.67. The lowest BCUT2D eigenvalue weighted by atomic mass is 10.1. The number of aliphatic hydroxyl groups excluding tert-OH is 1. The molecule has 2 N–H and O–H groups in total. The van der Waals surface area contributed by atoms with E-state index in [1.807, 2.05) is 0 Å². The number of amides is 1. The summed E-state index contributed by atoms with van der Waals surface area (Å²) in [5, 5.41) is 10.9. The lowest BCUT2D eigenvalue weighted by Gasteiger charge is -2.06. The monoisotopic (exact) mass is 299 g/mol. The van der Waals surface area contributed by atoms with Crippen molar-refractivity contribution in [1.29, 1.82) is 0 Å². The summed E-state index contributed by atoms with van der Waals surface area (Å²) in [5.74, 6) is 3.17. The molecule has 0 saturated carbocycles. The number of rotatable bonds is 4. The van der Waals surface area contributed by atoms with Gasteiger partial charge >= 0.3 is 0 Å². The van der Waals surface area contributed by atoms with E-state index < -0.39 is 27.3 Å². The maximum absolute atomic E-state index is 13.5. The van der Waals surface area contributed by atoms with Crippen LogP contribution >= 0.6 is 0 Å². The van der Waals surface area contributed by atoms with Gasteiger partial charge in [0.25, 0.3) is 0 Å². The van der Waals surface area contributed by atoms with Gasteiger partial charge in [-0.2, -0.15) is 0 Å². The average molecular weight is 299 g/mol. The third-order valence-corrected chi connectivity index (χ3v) is 3.01. The van der Waals surface area contributed by atoms with Gasteiger partial charge in [-0.3, -0.25) is 4.79 Å².